The van der Waals surface area contributed by atoms with Crippen molar-refractivity contribution in [1.82, 2.24) is 30.1 Å². The number of thiophene rings is 1. The lowest BCUT2D eigenvalue weighted by atomic mass is 9.92. The number of hydrogen-bond donors (Lipinski definition) is 3. The van der Waals surface area contributed by atoms with Gasteiger partial charge in [0.05, 0.1) is 27.8 Å². The lowest BCUT2D eigenvalue weighted by Crippen LogP contribution is -2.19. The van der Waals surface area contributed by atoms with E-state index >= 15 is 4.39 Å². The van der Waals surface area contributed by atoms with Crippen LogP contribution in [0.25, 0.3) is 55.2 Å². The van der Waals surface area contributed by atoms with E-state index in [1.165, 1.54) is 10.9 Å². The zero-order valence-corrected chi connectivity index (χ0v) is 22.7. The molecule has 1 aromatic carbocycles. The van der Waals surface area contributed by atoms with Gasteiger partial charge in [0, 0.05) is 46.3 Å². The van der Waals surface area contributed by atoms with Crippen molar-refractivity contribution in [3.05, 3.63) is 65.7 Å². The number of fused-ring (bicyclic) bond motifs is 2. The van der Waals surface area contributed by atoms with E-state index in [-0.39, 0.29) is 11.3 Å². The van der Waals surface area contributed by atoms with Crippen LogP contribution in [0.2, 0.25) is 0 Å². The van der Waals surface area contributed by atoms with Gasteiger partial charge in [-0.3, -0.25) is 19.9 Å². The molecule has 0 saturated heterocycles. The van der Waals surface area contributed by atoms with Crippen molar-refractivity contribution in [2.24, 2.45) is 5.41 Å². The number of aromatic amines is 2. The Morgan fingerprint density at radius 2 is 1.92 bits per heavy atom. The molecule has 0 aliphatic rings. The Balaban J connectivity index is 1.39. The summed E-state index contributed by atoms with van der Waals surface area (Å²) in [6, 6.07) is 10.8. The molecule has 39 heavy (non-hydrogen) atoms. The maximum Gasteiger partial charge on any atom is 0.224 e. The summed E-state index contributed by atoms with van der Waals surface area (Å²) in [5.74, 6) is 0.00503. The highest BCUT2D eigenvalue weighted by molar-refractivity contribution is 7.15. The summed E-state index contributed by atoms with van der Waals surface area (Å²) in [5.41, 5.74) is 4.74. The molecule has 0 radical (unpaired) electrons. The highest BCUT2D eigenvalue weighted by Gasteiger charge is 2.20. The summed E-state index contributed by atoms with van der Waals surface area (Å²) in [6.45, 7) is 8.05. The molecule has 8 nitrogen and oxygen atoms in total. The van der Waals surface area contributed by atoms with Crippen LogP contribution in [0.15, 0.2) is 55.0 Å². The van der Waals surface area contributed by atoms with Gasteiger partial charge in [-0.1, -0.05) is 20.8 Å². The van der Waals surface area contributed by atoms with Gasteiger partial charge in [-0.2, -0.15) is 5.10 Å². The van der Waals surface area contributed by atoms with Crippen LogP contribution in [0, 0.1) is 18.2 Å². The number of imidazole rings is 1. The molecule has 6 aromatic rings. The number of H-pyrrole nitrogens is 2. The van der Waals surface area contributed by atoms with Crippen LogP contribution < -0.4 is 5.32 Å². The topological polar surface area (TPSA) is 112 Å². The van der Waals surface area contributed by atoms with Gasteiger partial charge in [0.25, 0.3) is 0 Å². The van der Waals surface area contributed by atoms with E-state index < -0.39 is 5.82 Å². The standard InChI is InChI=1S/C29H26FN7OS/c1-15-5-6-23(39-15)27-26-21(7-8-32-27)34-28(35-26)25-19-10-18(20(30)11-22(19)36-37-25)16-9-17(14-31-13-16)33-24(38)12-29(2,3)4/h5-11,13-14H,12H2,1-4H3,(H,33,38)(H,34,35)(H,36,37). The predicted molar refractivity (Wildman–Crippen MR) is 153 cm³/mol. The number of pyridine rings is 2. The Morgan fingerprint density at radius 1 is 1.08 bits per heavy atom. The normalized spacial score (nSPS) is 11.9. The fourth-order valence-corrected chi connectivity index (χ4v) is 5.44. The second kappa shape index (κ2) is 9.39. The third-order valence-electron chi connectivity index (χ3n) is 6.27. The van der Waals surface area contributed by atoms with Crippen LogP contribution in [-0.4, -0.2) is 36.0 Å². The molecule has 0 spiro atoms. The molecule has 196 valence electrons. The molecule has 3 N–H and O–H groups in total. The molecule has 6 rings (SSSR count). The van der Waals surface area contributed by atoms with Crippen molar-refractivity contribution in [3.8, 4) is 33.2 Å². The Labute approximate surface area is 227 Å². The van der Waals surface area contributed by atoms with Crippen molar-refractivity contribution in [2.45, 2.75) is 34.1 Å². The van der Waals surface area contributed by atoms with Crippen LogP contribution in [0.3, 0.4) is 0 Å². The summed E-state index contributed by atoms with van der Waals surface area (Å²) in [4.78, 5) is 31.7. The Bertz CT molecular complexity index is 1860. The highest BCUT2D eigenvalue weighted by Crippen LogP contribution is 2.35. The van der Waals surface area contributed by atoms with Crippen LogP contribution in [-0.2, 0) is 4.79 Å². The summed E-state index contributed by atoms with van der Waals surface area (Å²) in [6.07, 6.45) is 5.24. The average Bonchev–Trinajstić information content (AvgIpc) is 3.59. The molecule has 10 heteroatoms. The first-order valence-corrected chi connectivity index (χ1v) is 13.3. The maximum absolute atomic E-state index is 15.3. The van der Waals surface area contributed by atoms with Gasteiger partial charge >= 0.3 is 0 Å². The fraction of sp³-hybridized carbons (Fsp3) is 0.207. The number of anilines is 1. The van der Waals surface area contributed by atoms with E-state index in [1.54, 1.807) is 42.1 Å². The van der Waals surface area contributed by atoms with Crippen molar-refractivity contribution in [3.63, 3.8) is 0 Å². The van der Waals surface area contributed by atoms with Crippen molar-refractivity contribution < 1.29 is 9.18 Å². The number of nitrogens with zero attached hydrogens (tertiary/aromatic N) is 4. The first-order valence-electron chi connectivity index (χ1n) is 12.5. The SMILES string of the molecule is Cc1ccc(-c2nccc3[nH]c(-c4n[nH]c5cc(F)c(-c6cncc(NC(=O)CC(C)(C)C)c6)cc45)nc23)s1. The third kappa shape index (κ3) is 4.90. The van der Waals surface area contributed by atoms with E-state index in [0.29, 0.717) is 45.7 Å². The smallest absolute Gasteiger partial charge is 0.224 e. The molecule has 0 aliphatic heterocycles. The van der Waals surface area contributed by atoms with E-state index in [2.05, 4.69) is 43.5 Å². The molecule has 1 amide bonds. The van der Waals surface area contributed by atoms with Gasteiger partial charge in [0.2, 0.25) is 5.91 Å². The van der Waals surface area contributed by atoms with Gasteiger partial charge in [-0.25, -0.2) is 9.37 Å². The number of amides is 1. The molecule has 5 heterocycles. The minimum atomic E-state index is -0.429. The number of carbonyl (C=O) groups excluding carboxylic acids is 1. The number of rotatable bonds is 5. The molecule has 5 aromatic heterocycles. The van der Waals surface area contributed by atoms with Crippen LogP contribution >= 0.6 is 11.3 Å². The fourth-order valence-electron chi connectivity index (χ4n) is 4.57. The first-order chi connectivity index (χ1) is 18.6. The maximum atomic E-state index is 15.3. The van der Waals surface area contributed by atoms with E-state index in [0.717, 1.165) is 21.6 Å². The van der Waals surface area contributed by atoms with Gasteiger partial charge in [-0.05, 0) is 42.7 Å². The third-order valence-corrected chi connectivity index (χ3v) is 7.28. The summed E-state index contributed by atoms with van der Waals surface area (Å²) in [7, 11) is 0. The first kappa shape index (κ1) is 24.9. The van der Waals surface area contributed by atoms with Gasteiger partial charge in [0.15, 0.2) is 5.82 Å². The summed E-state index contributed by atoms with van der Waals surface area (Å²) < 4.78 is 15.3. The molecule has 0 bridgehead atoms. The molecule has 0 saturated carbocycles. The number of aromatic nitrogens is 6. The van der Waals surface area contributed by atoms with Crippen LogP contribution in [0.4, 0.5) is 10.1 Å². The van der Waals surface area contributed by atoms with Gasteiger partial charge in [0.1, 0.15) is 22.7 Å². The van der Waals surface area contributed by atoms with Gasteiger partial charge in [-0.15, -0.1) is 11.3 Å². The lowest BCUT2D eigenvalue weighted by Gasteiger charge is -2.17. The zero-order valence-electron chi connectivity index (χ0n) is 21.9. The van der Waals surface area contributed by atoms with Gasteiger partial charge < -0.3 is 10.3 Å². The van der Waals surface area contributed by atoms with Crippen molar-refractivity contribution in [2.75, 3.05) is 5.32 Å². The largest absolute Gasteiger partial charge is 0.336 e. The van der Waals surface area contributed by atoms with E-state index in [4.69, 9.17) is 4.98 Å². The Kier molecular flexibility index (Phi) is 5.99. The minimum Gasteiger partial charge on any atom is -0.336 e. The van der Waals surface area contributed by atoms with Crippen LogP contribution in [0.5, 0.6) is 0 Å². The molecular weight excluding hydrogens is 513 g/mol. The number of aryl methyl sites for hydroxylation is 1. The van der Waals surface area contributed by atoms with Crippen molar-refractivity contribution in [1.29, 1.82) is 0 Å². The van der Waals surface area contributed by atoms with Crippen molar-refractivity contribution >= 4 is 44.9 Å². The quantitative estimate of drug-likeness (QED) is 0.216. The van der Waals surface area contributed by atoms with E-state index in [9.17, 15) is 4.79 Å². The second-order valence-corrected chi connectivity index (χ2v) is 12.0. The minimum absolute atomic E-state index is 0.119. The summed E-state index contributed by atoms with van der Waals surface area (Å²) >= 11 is 1.66. The zero-order chi connectivity index (χ0) is 27.3. The Morgan fingerprint density at radius 3 is 2.69 bits per heavy atom. The lowest BCUT2D eigenvalue weighted by molar-refractivity contribution is -0.117. The van der Waals surface area contributed by atoms with E-state index in [1.807, 2.05) is 32.9 Å². The Hall–Kier alpha value is -4.44. The highest BCUT2D eigenvalue weighted by atomic mass is 32.1. The molecular formula is C29H26FN7OS. The number of halogens is 1. The number of nitrogens with one attached hydrogen (secondary N) is 3. The summed E-state index contributed by atoms with van der Waals surface area (Å²) in [5, 5.41) is 11.0. The number of hydrogen-bond acceptors (Lipinski definition) is 6. The number of benzene rings is 1. The average molecular weight is 540 g/mol. The molecule has 0 unspecified atom stereocenters. The van der Waals surface area contributed by atoms with Crippen LogP contribution in [0.1, 0.15) is 32.1 Å². The molecule has 0 aliphatic carbocycles. The monoisotopic (exact) mass is 539 g/mol. The molecule has 0 atom stereocenters. The number of carbonyl (C=O) groups is 1. The predicted octanol–water partition coefficient (Wildman–Crippen LogP) is 7.11. The second-order valence-electron chi connectivity index (χ2n) is 10.7. The molecule has 0 fully saturated rings.